The van der Waals surface area contributed by atoms with Crippen molar-refractivity contribution in [3.8, 4) is 0 Å². The van der Waals surface area contributed by atoms with E-state index in [-0.39, 0.29) is 6.04 Å². The van der Waals surface area contributed by atoms with E-state index in [1.807, 2.05) is 50.7 Å². The number of nitrogens with one attached hydrogen (secondary N) is 1. The second-order valence-corrected chi connectivity index (χ2v) is 5.45. The molecular formula is C12H19ClN2O2. The van der Waals surface area contributed by atoms with Gasteiger partial charge in [-0.3, -0.25) is 0 Å². The van der Waals surface area contributed by atoms with Crippen LogP contribution in [0.2, 0.25) is 5.02 Å². The van der Waals surface area contributed by atoms with Crippen molar-refractivity contribution >= 4 is 17.7 Å². The monoisotopic (exact) mass is 258 g/mol. The normalized spacial score (nSPS) is 13.2. The summed E-state index contributed by atoms with van der Waals surface area (Å²) in [5.74, 6) is 0. The van der Waals surface area contributed by atoms with E-state index < -0.39 is 11.7 Å². The zero-order valence-corrected chi connectivity index (χ0v) is 11.4. The van der Waals surface area contributed by atoms with Crippen LogP contribution in [-0.2, 0) is 4.74 Å². The molecule has 1 heterocycles. The van der Waals surface area contributed by atoms with E-state index in [0.29, 0.717) is 11.6 Å². The maximum Gasteiger partial charge on any atom is 0.407 e. The smallest absolute Gasteiger partial charge is 0.407 e. The summed E-state index contributed by atoms with van der Waals surface area (Å²) in [6.45, 7) is 8.00. The number of hydrogen-bond acceptors (Lipinski definition) is 2. The summed E-state index contributed by atoms with van der Waals surface area (Å²) in [6, 6.07) is 1.95. The van der Waals surface area contributed by atoms with Crippen LogP contribution in [0.25, 0.3) is 0 Å². The minimum Gasteiger partial charge on any atom is -0.444 e. The van der Waals surface area contributed by atoms with Crippen molar-refractivity contribution in [3.05, 3.63) is 23.5 Å². The molecule has 1 atom stereocenters. The molecule has 5 heteroatoms. The molecule has 0 aromatic carbocycles. The number of ether oxygens (including phenoxy) is 1. The maximum absolute atomic E-state index is 11.4. The van der Waals surface area contributed by atoms with Crippen molar-refractivity contribution in [3.63, 3.8) is 0 Å². The van der Waals surface area contributed by atoms with Crippen molar-refractivity contribution in [2.75, 3.05) is 6.54 Å². The van der Waals surface area contributed by atoms with Gasteiger partial charge in [0, 0.05) is 25.0 Å². The lowest BCUT2D eigenvalue weighted by Crippen LogP contribution is -2.35. The Morgan fingerprint density at radius 1 is 1.59 bits per heavy atom. The fourth-order valence-corrected chi connectivity index (χ4v) is 1.48. The number of aromatic nitrogens is 1. The fraction of sp³-hybridized carbons (Fsp3) is 0.583. The summed E-state index contributed by atoms with van der Waals surface area (Å²) in [5.41, 5.74) is -0.468. The fourth-order valence-electron chi connectivity index (χ4n) is 1.31. The topological polar surface area (TPSA) is 43.3 Å². The molecular weight excluding hydrogens is 240 g/mol. The summed E-state index contributed by atoms with van der Waals surface area (Å²) < 4.78 is 7.09. The van der Waals surface area contributed by atoms with Crippen molar-refractivity contribution in [2.45, 2.75) is 39.3 Å². The summed E-state index contributed by atoms with van der Waals surface area (Å²) in [4.78, 5) is 11.4. The number of carbonyl (C=O) groups is 1. The Morgan fingerprint density at radius 3 is 2.71 bits per heavy atom. The van der Waals surface area contributed by atoms with Crippen molar-refractivity contribution in [2.24, 2.45) is 0 Å². The largest absolute Gasteiger partial charge is 0.444 e. The summed E-state index contributed by atoms with van der Waals surface area (Å²) in [6.07, 6.45) is 3.30. The molecule has 0 bridgehead atoms. The first-order valence-electron chi connectivity index (χ1n) is 5.58. The van der Waals surface area contributed by atoms with Gasteiger partial charge in [0.15, 0.2) is 0 Å². The molecule has 1 amide bonds. The van der Waals surface area contributed by atoms with Crippen LogP contribution in [0.4, 0.5) is 4.79 Å². The Bertz CT molecular complexity index is 382. The summed E-state index contributed by atoms with van der Waals surface area (Å²) in [5, 5.41) is 3.41. The number of alkyl carbamates (subject to hydrolysis) is 1. The third-order valence-corrected chi connectivity index (χ3v) is 2.35. The van der Waals surface area contributed by atoms with Crippen molar-refractivity contribution in [1.29, 1.82) is 0 Å². The first-order valence-corrected chi connectivity index (χ1v) is 5.95. The van der Waals surface area contributed by atoms with Gasteiger partial charge >= 0.3 is 6.09 Å². The molecule has 17 heavy (non-hydrogen) atoms. The molecule has 0 aliphatic carbocycles. The van der Waals surface area contributed by atoms with Gasteiger partial charge in [0.1, 0.15) is 5.60 Å². The van der Waals surface area contributed by atoms with Gasteiger partial charge in [-0.25, -0.2) is 4.79 Å². The highest BCUT2D eigenvalue weighted by molar-refractivity contribution is 6.30. The molecule has 0 unspecified atom stereocenters. The molecule has 96 valence electrons. The van der Waals surface area contributed by atoms with E-state index in [2.05, 4.69) is 5.32 Å². The highest BCUT2D eigenvalue weighted by Gasteiger charge is 2.16. The molecule has 1 aromatic heterocycles. The van der Waals surface area contributed by atoms with Gasteiger partial charge in [-0.1, -0.05) is 11.6 Å². The van der Waals surface area contributed by atoms with Crippen LogP contribution in [0.15, 0.2) is 18.5 Å². The van der Waals surface area contributed by atoms with Gasteiger partial charge in [-0.05, 0) is 33.8 Å². The number of amides is 1. The lowest BCUT2D eigenvalue weighted by atomic mass is 10.2. The zero-order valence-electron chi connectivity index (χ0n) is 10.7. The van der Waals surface area contributed by atoms with E-state index in [1.165, 1.54) is 0 Å². The van der Waals surface area contributed by atoms with Gasteiger partial charge in [-0.2, -0.15) is 0 Å². The summed E-state index contributed by atoms with van der Waals surface area (Å²) >= 11 is 5.82. The molecule has 1 rings (SSSR count). The average molecular weight is 259 g/mol. The number of rotatable bonds is 3. The predicted octanol–water partition coefficient (Wildman–Crippen LogP) is 3.23. The van der Waals surface area contributed by atoms with Crippen molar-refractivity contribution < 1.29 is 9.53 Å². The molecule has 1 aromatic rings. The lowest BCUT2D eigenvalue weighted by molar-refractivity contribution is 0.0521. The molecule has 0 saturated heterocycles. The molecule has 0 aliphatic rings. The standard InChI is InChI=1S/C12H19ClN2O2/c1-9(15-6-5-10(13)8-15)7-14-11(16)17-12(2,3)4/h5-6,8-9H,7H2,1-4H3,(H,14,16)/t9-/m1/s1. The summed E-state index contributed by atoms with van der Waals surface area (Å²) in [7, 11) is 0. The Morgan fingerprint density at radius 2 is 2.24 bits per heavy atom. The van der Waals surface area contributed by atoms with E-state index in [4.69, 9.17) is 16.3 Å². The quantitative estimate of drug-likeness (QED) is 0.905. The minimum atomic E-state index is -0.468. The van der Waals surface area contributed by atoms with Gasteiger partial charge in [0.25, 0.3) is 0 Å². The van der Waals surface area contributed by atoms with Crippen LogP contribution in [0, 0.1) is 0 Å². The highest BCUT2D eigenvalue weighted by Crippen LogP contribution is 2.13. The Balaban J connectivity index is 2.38. The molecule has 0 spiro atoms. The van der Waals surface area contributed by atoms with Gasteiger partial charge in [-0.15, -0.1) is 0 Å². The molecule has 0 radical (unpaired) electrons. The van der Waals surface area contributed by atoms with E-state index in [0.717, 1.165) is 0 Å². The van der Waals surface area contributed by atoms with Crippen molar-refractivity contribution in [1.82, 2.24) is 9.88 Å². The van der Waals surface area contributed by atoms with E-state index >= 15 is 0 Å². The Kier molecular flexibility index (Phi) is 4.46. The second-order valence-electron chi connectivity index (χ2n) is 5.01. The first-order chi connectivity index (χ1) is 7.78. The van der Waals surface area contributed by atoms with E-state index in [9.17, 15) is 4.79 Å². The zero-order chi connectivity index (χ0) is 13.1. The van der Waals surface area contributed by atoms with Crippen LogP contribution >= 0.6 is 11.6 Å². The van der Waals surface area contributed by atoms with Crippen LogP contribution in [0.1, 0.15) is 33.7 Å². The molecule has 0 saturated carbocycles. The predicted molar refractivity (Wildman–Crippen MR) is 68.4 cm³/mol. The van der Waals surface area contributed by atoms with Crippen LogP contribution in [0.5, 0.6) is 0 Å². The van der Waals surface area contributed by atoms with Crippen LogP contribution < -0.4 is 5.32 Å². The van der Waals surface area contributed by atoms with Gasteiger partial charge in [0.05, 0.1) is 5.02 Å². The first kappa shape index (κ1) is 13.9. The minimum absolute atomic E-state index is 0.134. The Hall–Kier alpha value is -1.16. The van der Waals surface area contributed by atoms with Crippen LogP contribution in [0.3, 0.4) is 0 Å². The third-order valence-electron chi connectivity index (χ3n) is 2.13. The SMILES string of the molecule is C[C@H](CNC(=O)OC(C)(C)C)n1ccc(Cl)c1. The molecule has 1 N–H and O–H groups in total. The molecule has 4 nitrogen and oxygen atoms in total. The van der Waals surface area contributed by atoms with Crippen LogP contribution in [-0.4, -0.2) is 22.8 Å². The average Bonchev–Trinajstić information content (AvgIpc) is 2.58. The third kappa shape index (κ3) is 5.13. The number of nitrogens with zero attached hydrogens (tertiary/aromatic N) is 1. The molecule has 0 fully saturated rings. The maximum atomic E-state index is 11.4. The highest BCUT2D eigenvalue weighted by atomic mass is 35.5. The number of carbonyl (C=O) groups excluding carboxylic acids is 1. The number of hydrogen-bond donors (Lipinski definition) is 1. The van der Waals surface area contributed by atoms with E-state index in [1.54, 1.807) is 0 Å². The number of halogens is 1. The Labute approximate surface area is 107 Å². The van der Waals surface area contributed by atoms with Gasteiger partial charge in [0.2, 0.25) is 0 Å². The lowest BCUT2D eigenvalue weighted by Gasteiger charge is -2.21. The molecule has 0 aliphatic heterocycles. The second kappa shape index (κ2) is 5.45. The van der Waals surface area contributed by atoms with Gasteiger partial charge < -0.3 is 14.6 Å².